The Morgan fingerprint density at radius 2 is 1.30 bits per heavy atom. The van der Waals surface area contributed by atoms with E-state index in [0.29, 0.717) is 13.2 Å². The molecule has 2 fully saturated rings. The van der Waals surface area contributed by atoms with E-state index in [4.69, 9.17) is 9.47 Å². The van der Waals surface area contributed by atoms with Gasteiger partial charge in [0, 0.05) is 63.3 Å². The Bertz CT molecular complexity index is 824. The van der Waals surface area contributed by atoms with Crippen LogP contribution in [0.15, 0.2) is 42.5 Å². The Kier molecular flexibility index (Phi) is 6.90. The molecule has 2 saturated heterocycles. The van der Waals surface area contributed by atoms with E-state index in [1.54, 1.807) is 0 Å². The van der Waals surface area contributed by atoms with Gasteiger partial charge in [-0.05, 0) is 49.1 Å². The van der Waals surface area contributed by atoms with Gasteiger partial charge in [0.2, 0.25) is 0 Å². The van der Waals surface area contributed by atoms with Crippen molar-refractivity contribution in [1.82, 2.24) is 4.90 Å². The average Bonchev–Trinajstić information content (AvgIpc) is 3.21. The summed E-state index contributed by atoms with van der Waals surface area (Å²) in [6, 6.07) is 15.6. The van der Waals surface area contributed by atoms with Gasteiger partial charge in [-0.1, -0.05) is 12.1 Å². The Morgan fingerprint density at radius 1 is 0.633 bits per heavy atom. The molecule has 2 aromatic carbocycles. The van der Waals surface area contributed by atoms with Crippen LogP contribution in [0.1, 0.15) is 24.8 Å². The minimum atomic E-state index is 0. The van der Waals surface area contributed by atoms with Crippen molar-refractivity contribution in [3.05, 3.63) is 48.0 Å². The Balaban J connectivity index is 0.00000218. The zero-order valence-electron chi connectivity index (χ0n) is 17.6. The van der Waals surface area contributed by atoms with Crippen molar-refractivity contribution in [3.63, 3.8) is 0 Å². The second-order valence-corrected chi connectivity index (χ2v) is 8.31. The maximum Gasteiger partial charge on any atom is 0.163 e. The Labute approximate surface area is 186 Å². The summed E-state index contributed by atoms with van der Waals surface area (Å²) in [6.45, 7) is 9.11. The Morgan fingerprint density at radius 3 is 2.10 bits per heavy atom. The summed E-state index contributed by atoms with van der Waals surface area (Å²) in [5.74, 6) is 1.75. The highest BCUT2D eigenvalue weighted by Crippen LogP contribution is 2.34. The quantitative estimate of drug-likeness (QED) is 0.726. The molecule has 0 saturated carbocycles. The molecular weight excluding hydrogens is 398 g/mol. The lowest BCUT2D eigenvalue weighted by atomic mass is 10.2. The normalized spacial score (nSPS) is 19.3. The average molecular weight is 430 g/mol. The molecule has 2 aromatic rings. The fraction of sp³-hybridized carbons (Fsp3) is 0.500. The molecule has 3 aliphatic rings. The van der Waals surface area contributed by atoms with Crippen molar-refractivity contribution in [2.45, 2.75) is 25.8 Å². The molecule has 6 heteroatoms. The van der Waals surface area contributed by atoms with Crippen molar-refractivity contribution in [2.75, 3.05) is 62.3 Å². The van der Waals surface area contributed by atoms with Crippen molar-refractivity contribution < 1.29 is 9.47 Å². The first kappa shape index (κ1) is 21.1. The number of hydrogen-bond donors (Lipinski definition) is 0. The molecule has 0 amide bonds. The first-order chi connectivity index (χ1) is 14.3. The molecule has 30 heavy (non-hydrogen) atoms. The van der Waals surface area contributed by atoms with E-state index in [-0.39, 0.29) is 12.4 Å². The second kappa shape index (κ2) is 9.80. The van der Waals surface area contributed by atoms with Crippen molar-refractivity contribution >= 4 is 23.8 Å². The van der Waals surface area contributed by atoms with Gasteiger partial charge >= 0.3 is 0 Å². The molecule has 0 aromatic heterocycles. The summed E-state index contributed by atoms with van der Waals surface area (Å²) in [5.41, 5.74) is 4.04. The van der Waals surface area contributed by atoms with E-state index < -0.39 is 0 Å². The highest BCUT2D eigenvalue weighted by atomic mass is 35.5. The number of anilines is 2. The molecule has 0 unspecified atom stereocenters. The third-order valence-electron chi connectivity index (χ3n) is 6.29. The fourth-order valence-electron chi connectivity index (χ4n) is 4.66. The smallest absolute Gasteiger partial charge is 0.163 e. The third kappa shape index (κ3) is 4.79. The summed E-state index contributed by atoms with van der Waals surface area (Å²) in [7, 11) is 0. The van der Waals surface area contributed by atoms with Crippen LogP contribution in [0.25, 0.3) is 0 Å². The van der Waals surface area contributed by atoms with Crippen LogP contribution in [0.4, 0.5) is 11.4 Å². The minimum absolute atomic E-state index is 0. The van der Waals surface area contributed by atoms with Gasteiger partial charge in [0.05, 0.1) is 0 Å². The van der Waals surface area contributed by atoms with Gasteiger partial charge in [0.25, 0.3) is 0 Å². The largest absolute Gasteiger partial charge is 0.486 e. The minimum Gasteiger partial charge on any atom is -0.486 e. The van der Waals surface area contributed by atoms with Crippen LogP contribution < -0.4 is 19.3 Å². The molecule has 0 bridgehead atoms. The van der Waals surface area contributed by atoms with Crippen LogP contribution in [-0.4, -0.2) is 57.4 Å². The highest BCUT2D eigenvalue weighted by Gasteiger charge is 2.19. The zero-order valence-corrected chi connectivity index (χ0v) is 18.4. The monoisotopic (exact) mass is 429 g/mol. The van der Waals surface area contributed by atoms with Gasteiger partial charge in [-0.2, -0.15) is 0 Å². The summed E-state index contributed by atoms with van der Waals surface area (Å²) in [5, 5.41) is 0. The molecular formula is C24H32ClN3O2. The van der Waals surface area contributed by atoms with E-state index >= 15 is 0 Å². The lowest BCUT2D eigenvalue weighted by Gasteiger charge is -2.26. The highest BCUT2D eigenvalue weighted by molar-refractivity contribution is 5.85. The Hall–Kier alpha value is -2.11. The number of benzene rings is 2. The van der Waals surface area contributed by atoms with Crippen LogP contribution >= 0.6 is 12.4 Å². The molecule has 3 heterocycles. The number of nitrogens with zero attached hydrogens (tertiary/aromatic N) is 3. The first-order valence-electron chi connectivity index (χ1n) is 11.1. The molecule has 162 valence electrons. The third-order valence-corrected chi connectivity index (χ3v) is 6.29. The van der Waals surface area contributed by atoms with Crippen molar-refractivity contribution in [1.29, 1.82) is 0 Å². The first-order valence-corrected chi connectivity index (χ1v) is 11.1. The van der Waals surface area contributed by atoms with E-state index in [0.717, 1.165) is 44.2 Å². The van der Waals surface area contributed by atoms with Gasteiger partial charge in [-0.3, -0.25) is 4.90 Å². The fourth-order valence-corrected chi connectivity index (χ4v) is 4.66. The van der Waals surface area contributed by atoms with E-state index in [1.165, 1.54) is 49.3 Å². The number of halogens is 1. The molecule has 5 nitrogen and oxygen atoms in total. The molecule has 0 atom stereocenters. The van der Waals surface area contributed by atoms with Crippen molar-refractivity contribution in [3.8, 4) is 11.5 Å². The van der Waals surface area contributed by atoms with Gasteiger partial charge in [0.1, 0.15) is 13.2 Å². The van der Waals surface area contributed by atoms with Crippen LogP contribution in [0.2, 0.25) is 0 Å². The second-order valence-electron chi connectivity index (χ2n) is 8.31. The van der Waals surface area contributed by atoms with E-state index in [1.807, 2.05) is 0 Å². The number of hydrogen-bond acceptors (Lipinski definition) is 5. The van der Waals surface area contributed by atoms with Crippen molar-refractivity contribution in [2.24, 2.45) is 0 Å². The molecule has 0 aliphatic carbocycles. The molecule has 5 rings (SSSR count). The predicted octanol–water partition coefficient (Wildman–Crippen LogP) is 4.19. The lowest BCUT2D eigenvalue weighted by Crippen LogP contribution is -2.30. The maximum absolute atomic E-state index is 5.77. The van der Waals surface area contributed by atoms with Gasteiger partial charge in [-0.25, -0.2) is 0 Å². The van der Waals surface area contributed by atoms with Crippen LogP contribution in [-0.2, 0) is 6.54 Å². The van der Waals surface area contributed by atoms with Gasteiger partial charge in [0.15, 0.2) is 11.5 Å². The van der Waals surface area contributed by atoms with E-state index in [2.05, 4.69) is 57.2 Å². The predicted molar refractivity (Wildman–Crippen MR) is 125 cm³/mol. The number of rotatable bonds is 4. The zero-order chi connectivity index (χ0) is 19.5. The summed E-state index contributed by atoms with van der Waals surface area (Å²) >= 11 is 0. The molecule has 0 spiro atoms. The molecule has 3 aliphatic heterocycles. The maximum atomic E-state index is 5.77. The van der Waals surface area contributed by atoms with Gasteiger partial charge < -0.3 is 19.3 Å². The molecule has 0 radical (unpaired) electrons. The summed E-state index contributed by atoms with van der Waals surface area (Å²) in [4.78, 5) is 7.57. The van der Waals surface area contributed by atoms with Crippen LogP contribution in [0, 0.1) is 0 Å². The van der Waals surface area contributed by atoms with Crippen LogP contribution in [0.5, 0.6) is 11.5 Å². The summed E-state index contributed by atoms with van der Waals surface area (Å²) in [6.07, 6.45) is 3.84. The van der Waals surface area contributed by atoms with E-state index in [9.17, 15) is 0 Å². The van der Waals surface area contributed by atoms with Gasteiger partial charge in [-0.15, -0.1) is 12.4 Å². The number of fused-ring (bicyclic) bond motifs is 1. The number of ether oxygens (including phenoxy) is 2. The standard InChI is InChI=1S/C24H31N3O2.ClH/c1-2-12-26(11-1)21-6-4-20(5-7-21)19-25-10-3-13-27(15-14-25)22-8-9-23-24(18-22)29-17-16-28-23;/h4-9,18H,1-3,10-17,19H2;1H. The molecule has 0 N–H and O–H groups in total. The summed E-state index contributed by atoms with van der Waals surface area (Å²) < 4.78 is 11.4. The lowest BCUT2D eigenvalue weighted by molar-refractivity contribution is 0.171. The van der Waals surface area contributed by atoms with Crippen LogP contribution in [0.3, 0.4) is 0 Å². The topological polar surface area (TPSA) is 28.2 Å². The SMILES string of the molecule is Cl.c1cc(N2CCCC2)ccc1CN1CCCN(c2ccc3c(c2)OCCO3)CC1.